The Morgan fingerprint density at radius 1 is 1.11 bits per heavy atom. The number of hydrogen-bond donors (Lipinski definition) is 1. The van der Waals surface area contributed by atoms with Gasteiger partial charge >= 0.3 is 5.97 Å². The molecule has 6 nitrogen and oxygen atoms in total. The van der Waals surface area contributed by atoms with E-state index in [1.165, 1.54) is 6.26 Å². The van der Waals surface area contributed by atoms with Crippen molar-refractivity contribution < 1.29 is 18.7 Å². The molecule has 38 heavy (non-hydrogen) atoms. The molecule has 5 rings (SSSR count). The molecule has 0 amide bonds. The summed E-state index contributed by atoms with van der Waals surface area (Å²) in [7, 11) is 0. The summed E-state index contributed by atoms with van der Waals surface area (Å²) < 4.78 is 11.4. The molecule has 0 saturated heterocycles. The Bertz CT molecular complexity index is 1540. The second-order valence-electron chi connectivity index (χ2n) is 9.39. The lowest BCUT2D eigenvalue weighted by molar-refractivity contribution is -0.138. The van der Waals surface area contributed by atoms with Crippen LogP contribution in [0, 0.1) is 0 Å². The van der Waals surface area contributed by atoms with Crippen molar-refractivity contribution in [1.82, 2.24) is 5.32 Å². The highest BCUT2D eigenvalue weighted by atomic mass is 35.5. The number of fused-ring (bicyclic) bond motifs is 1. The molecule has 3 aromatic rings. The smallest absolute Gasteiger partial charge is 0.336 e. The number of esters is 1. The van der Waals surface area contributed by atoms with E-state index >= 15 is 0 Å². The highest BCUT2D eigenvalue weighted by Gasteiger charge is 2.43. The maximum absolute atomic E-state index is 13.8. The van der Waals surface area contributed by atoms with Crippen molar-refractivity contribution in [2.45, 2.75) is 38.5 Å². The molecule has 8 heteroatoms. The molecule has 2 atom stereocenters. The summed E-state index contributed by atoms with van der Waals surface area (Å²) in [4.78, 5) is 40.9. The van der Waals surface area contributed by atoms with E-state index in [1.54, 1.807) is 43.0 Å². The van der Waals surface area contributed by atoms with E-state index in [0.717, 1.165) is 11.3 Å². The highest BCUT2D eigenvalue weighted by molar-refractivity contribution is 7.99. The summed E-state index contributed by atoms with van der Waals surface area (Å²) in [5.41, 5.74) is 3.25. The van der Waals surface area contributed by atoms with Gasteiger partial charge in [-0.1, -0.05) is 48.9 Å². The third-order valence-electron chi connectivity index (χ3n) is 7.08. The van der Waals surface area contributed by atoms with Crippen molar-refractivity contribution in [2.75, 3.05) is 18.1 Å². The van der Waals surface area contributed by atoms with Crippen molar-refractivity contribution in [1.29, 1.82) is 0 Å². The first-order valence-electron chi connectivity index (χ1n) is 12.6. The van der Waals surface area contributed by atoms with Crippen molar-refractivity contribution in [2.24, 2.45) is 0 Å². The van der Waals surface area contributed by atoms with Gasteiger partial charge in [-0.3, -0.25) is 9.59 Å². The number of allylic oxidation sites excluding steroid dienone is 3. The van der Waals surface area contributed by atoms with Crippen LogP contribution in [0.2, 0.25) is 5.02 Å². The molecule has 1 aromatic heterocycles. The van der Waals surface area contributed by atoms with E-state index in [9.17, 15) is 14.4 Å². The third-order valence-corrected chi connectivity index (χ3v) is 8.28. The zero-order chi connectivity index (χ0) is 26.8. The van der Waals surface area contributed by atoms with Crippen LogP contribution in [-0.4, -0.2) is 29.9 Å². The zero-order valence-corrected chi connectivity index (χ0v) is 22.8. The molecule has 1 aliphatic heterocycles. The molecule has 2 aliphatic rings. The number of dihydropyridines is 1. The van der Waals surface area contributed by atoms with Crippen LogP contribution in [0.1, 0.15) is 49.7 Å². The molecule has 196 valence electrons. The zero-order valence-electron chi connectivity index (χ0n) is 21.2. The van der Waals surface area contributed by atoms with E-state index in [-0.39, 0.29) is 41.3 Å². The summed E-state index contributed by atoms with van der Waals surface area (Å²) in [6.45, 7) is 4.06. The largest absolute Gasteiger partial charge is 0.464 e. The van der Waals surface area contributed by atoms with Gasteiger partial charge < -0.3 is 14.5 Å². The van der Waals surface area contributed by atoms with Gasteiger partial charge in [0, 0.05) is 39.7 Å². The van der Waals surface area contributed by atoms with Crippen LogP contribution in [0.3, 0.4) is 0 Å². The number of benzene rings is 2. The number of carbonyl (C=O) groups is 2. The topological polar surface area (TPSA) is 85.6 Å². The summed E-state index contributed by atoms with van der Waals surface area (Å²) in [5.74, 6) is -0.116. The van der Waals surface area contributed by atoms with Crippen LogP contribution in [0.5, 0.6) is 0 Å². The van der Waals surface area contributed by atoms with Gasteiger partial charge in [0.1, 0.15) is 12.2 Å². The summed E-state index contributed by atoms with van der Waals surface area (Å²) in [6, 6.07) is 14.5. The van der Waals surface area contributed by atoms with Crippen LogP contribution < -0.4 is 10.7 Å². The van der Waals surface area contributed by atoms with Gasteiger partial charge in [0.15, 0.2) is 11.2 Å². The molecule has 0 fully saturated rings. The number of thioether (sulfide) groups is 1. The highest BCUT2D eigenvalue weighted by Crippen LogP contribution is 2.46. The standard InChI is InChI=1S/C30H28ClNO5S/c1-3-38-13-12-36-30(35)26-17(2)32-23-14-18(19-8-4-6-10-22(19)31)15-24(33)28(23)27(26)21-16-37-25-11-7-5-9-20(25)29(21)34/h4-11,16,18,27,32H,3,12-15H2,1-2H3/t18-,27+/m0/s1. The van der Waals surface area contributed by atoms with Gasteiger partial charge in [-0.05, 0) is 48.8 Å². The van der Waals surface area contributed by atoms with E-state index in [0.29, 0.717) is 45.1 Å². The molecular formula is C30H28ClNO5S. The third kappa shape index (κ3) is 4.93. The maximum Gasteiger partial charge on any atom is 0.336 e. The van der Waals surface area contributed by atoms with E-state index < -0.39 is 11.9 Å². The predicted molar refractivity (Wildman–Crippen MR) is 150 cm³/mol. The van der Waals surface area contributed by atoms with Crippen LogP contribution >= 0.6 is 23.4 Å². The molecule has 2 aromatic carbocycles. The minimum Gasteiger partial charge on any atom is -0.464 e. The van der Waals surface area contributed by atoms with Gasteiger partial charge in [-0.2, -0.15) is 11.8 Å². The van der Waals surface area contributed by atoms with Crippen LogP contribution in [0.15, 0.2) is 86.5 Å². The Hall–Kier alpha value is -3.29. The number of rotatable bonds is 7. The minimum absolute atomic E-state index is 0.122. The van der Waals surface area contributed by atoms with Gasteiger partial charge in [-0.25, -0.2) is 4.79 Å². The fourth-order valence-electron chi connectivity index (χ4n) is 5.35. The lowest BCUT2D eigenvalue weighted by atomic mass is 9.72. The van der Waals surface area contributed by atoms with Crippen molar-refractivity contribution in [3.8, 4) is 0 Å². The quantitative estimate of drug-likeness (QED) is 0.281. The number of ketones is 1. The first kappa shape index (κ1) is 26.3. The van der Waals surface area contributed by atoms with E-state index in [1.807, 2.05) is 31.2 Å². The Kier molecular flexibility index (Phi) is 7.77. The first-order chi connectivity index (χ1) is 18.4. The Balaban J connectivity index is 1.61. The fourth-order valence-corrected chi connectivity index (χ4v) is 6.13. The number of halogens is 1. The average Bonchev–Trinajstić information content (AvgIpc) is 2.91. The second kappa shape index (κ2) is 11.2. The van der Waals surface area contributed by atoms with Gasteiger partial charge in [0.2, 0.25) is 0 Å². The van der Waals surface area contributed by atoms with E-state index in [4.69, 9.17) is 20.8 Å². The Morgan fingerprint density at radius 2 is 1.87 bits per heavy atom. The predicted octanol–water partition coefficient (Wildman–Crippen LogP) is 6.10. The number of nitrogens with one attached hydrogen (secondary N) is 1. The lowest BCUT2D eigenvalue weighted by Crippen LogP contribution is -2.37. The van der Waals surface area contributed by atoms with Gasteiger partial charge in [-0.15, -0.1) is 0 Å². The first-order valence-corrected chi connectivity index (χ1v) is 14.2. The van der Waals surface area contributed by atoms with Crippen molar-refractivity contribution in [3.05, 3.63) is 104 Å². The SMILES string of the molecule is CCSCCOC(=O)C1=C(C)NC2=C(C(=O)C[C@@H](c3ccccc3Cl)C2)[C@@H]1c1coc2ccccc2c1=O. The monoisotopic (exact) mass is 549 g/mol. The Labute approximate surface area is 230 Å². The number of hydrogen-bond acceptors (Lipinski definition) is 7. The lowest BCUT2D eigenvalue weighted by Gasteiger charge is -2.36. The average molecular weight is 550 g/mol. The molecule has 0 bridgehead atoms. The molecule has 0 spiro atoms. The molecule has 1 aliphatic carbocycles. The van der Waals surface area contributed by atoms with Gasteiger partial charge in [0.05, 0.1) is 23.1 Å². The normalized spacial score (nSPS) is 19.4. The maximum atomic E-state index is 13.8. The Morgan fingerprint density at radius 3 is 2.66 bits per heavy atom. The van der Waals surface area contributed by atoms with Crippen LogP contribution in [0.25, 0.3) is 11.0 Å². The molecule has 0 saturated carbocycles. The van der Waals surface area contributed by atoms with Crippen molar-refractivity contribution in [3.63, 3.8) is 0 Å². The number of ether oxygens (including phenoxy) is 1. The number of Topliss-reactive ketones (excluding diaryl/α,β-unsaturated/α-hetero) is 1. The number of carbonyl (C=O) groups excluding carboxylic acids is 2. The van der Waals surface area contributed by atoms with Crippen LogP contribution in [0.4, 0.5) is 0 Å². The summed E-state index contributed by atoms with van der Waals surface area (Å²) >= 11 is 8.14. The summed E-state index contributed by atoms with van der Waals surface area (Å²) in [5, 5.41) is 4.32. The minimum atomic E-state index is -0.891. The summed E-state index contributed by atoms with van der Waals surface area (Å²) in [6.07, 6.45) is 2.12. The molecule has 0 radical (unpaired) electrons. The van der Waals surface area contributed by atoms with Gasteiger partial charge in [0.25, 0.3) is 0 Å². The second-order valence-corrected chi connectivity index (χ2v) is 11.2. The molecule has 1 N–H and O–H groups in total. The fraction of sp³-hybridized carbons (Fsp3) is 0.300. The molecular weight excluding hydrogens is 522 g/mol. The number of para-hydroxylation sites is 1. The molecule has 2 heterocycles. The van der Waals surface area contributed by atoms with Crippen molar-refractivity contribution >= 4 is 46.1 Å². The van der Waals surface area contributed by atoms with E-state index in [2.05, 4.69) is 5.32 Å². The van der Waals surface area contributed by atoms with Crippen LogP contribution in [-0.2, 0) is 14.3 Å². The molecule has 0 unspecified atom stereocenters.